The van der Waals surface area contributed by atoms with E-state index in [4.69, 9.17) is 16.0 Å². The molecule has 0 spiro atoms. The molecular weight excluding hydrogens is 385 g/mol. The van der Waals surface area contributed by atoms with Crippen molar-refractivity contribution in [3.8, 4) is 0 Å². The number of hydrogen-bond acceptors (Lipinski definition) is 2. The average Bonchev–Trinajstić information content (AvgIpc) is 2.76. The Hall–Kier alpha value is 0.230. The van der Waals surface area contributed by atoms with Gasteiger partial charge in [0.05, 0.1) is 0 Å². The van der Waals surface area contributed by atoms with Crippen molar-refractivity contribution in [2.75, 3.05) is 0 Å². The van der Waals surface area contributed by atoms with Crippen LogP contribution in [0.5, 0.6) is 0 Å². The Morgan fingerprint density at radius 2 is 1.65 bits per heavy atom. The summed E-state index contributed by atoms with van der Waals surface area (Å²) >= 11 is 8.33. The molecule has 0 fully saturated rings. The summed E-state index contributed by atoms with van der Waals surface area (Å²) in [6.45, 7) is 6.78. The van der Waals surface area contributed by atoms with Gasteiger partial charge in [-0.1, -0.05) is 65.7 Å². The lowest BCUT2D eigenvalue weighted by Gasteiger charge is -2.27. The zero-order valence-corrected chi connectivity index (χ0v) is 15.9. The smallest absolute Gasteiger partial charge is 0.258 e. The number of unbranched alkanes of at least 4 members (excludes halogenated alkanes) is 5. The van der Waals surface area contributed by atoms with Gasteiger partial charge >= 0.3 is 0 Å². The minimum Gasteiger partial charge on any atom is -0.420 e. The summed E-state index contributed by atoms with van der Waals surface area (Å²) in [5.41, 5.74) is 1.03. The zero-order chi connectivity index (χ0) is 15.0. The molecular formula is C16H27ClINO. The van der Waals surface area contributed by atoms with Crippen molar-refractivity contribution in [3.63, 3.8) is 0 Å². The number of oxazole rings is 1. The molecule has 0 aliphatic carbocycles. The molecule has 1 unspecified atom stereocenters. The van der Waals surface area contributed by atoms with Crippen LogP contribution in [0.3, 0.4) is 0 Å². The third kappa shape index (κ3) is 5.55. The largest absolute Gasteiger partial charge is 0.420 e. The highest BCUT2D eigenvalue weighted by molar-refractivity contribution is 14.1. The third-order valence-electron chi connectivity index (χ3n) is 4.05. The van der Waals surface area contributed by atoms with E-state index in [0.29, 0.717) is 9.12 Å². The van der Waals surface area contributed by atoms with Gasteiger partial charge in [-0.2, -0.15) is 0 Å². The monoisotopic (exact) mass is 411 g/mol. The molecule has 1 atom stereocenters. The second-order valence-corrected chi connectivity index (χ2v) is 7.18. The Morgan fingerprint density at radius 1 is 1.05 bits per heavy atom. The first-order chi connectivity index (χ1) is 9.53. The van der Waals surface area contributed by atoms with Crippen LogP contribution in [0.2, 0.25) is 5.22 Å². The molecule has 1 aromatic heterocycles. The Kier molecular flexibility index (Phi) is 8.49. The van der Waals surface area contributed by atoms with E-state index in [-0.39, 0.29) is 5.41 Å². The fourth-order valence-electron chi connectivity index (χ4n) is 2.70. The molecule has 0 aliphatic heterocycles. The van der Waals surface area contributed by atoms with E-state index < -0.39 is 0 Å². The van der Waals surface area contributed by atoms with E-state index in [1.165, 1.54) is 44.9 Å². The van der Waals surface area contributed by atoms with Crippen LogP contribution in [0, 0.1) is 3.90 Å². The van der Waals surface area contributed by atoms with E-state index in [2.05, 4.69) is 48.3 Å². The zero-order valence-electron chi connectivity index (χ0n) is 13.0. The molecule has 0 saturated heterocycles. The number of halogens is 2. The SMILES string of the molecule is CCCCCCCC(C)(CCCC)c1nc(I)oc1Cl. The molecule has 0 aliphatic rings. The van der Waals surface area contributed by atoms with Gasteiger partial charge in [-0.15, -0.1) is 0 Å². The normalized spacial score (nSPS) is 14.4. The van der Waals surface area contributed by atoms with Crippen LogP contribution in [-0.4, -0.2) is 4.98 Å². The lowest BCUT2D eigenvalue weighted by Crippen LogP contribution is -2.23. The van der Waals surface area contributed by atoms with Gasteiger partial charge in [-0.05, 0) is 24.4 Å². The first kappa shape index (κ1) is 18.3. The summed E-state index contributed by atoms with van der Waals surface area (Å²) in [5, 5.41) is 0.488. The van der Waals surface area contributed by atoms with Gasteiger partial charge in [0.2, 0.25) is 5.22 Å². The fourth-order valence-corrected chi connectivity index (χ4v) is 3.63. The third-order valence-corrected chi connectivity index (χ3v) is 4.76. The molecule has 1 heterocycles. The molecule has 1 rings (SSSR count). The van der Waals surface area contributed by atoms with E-state index >= 15 is 0 Å². The molecule has 0 N–H and O–H groups in total. The van der Waals surface area contributed by atoms with E-state index in [1.54, 1.807) is 0 Å². The van der Waals surface area contributed by atoms with Crippen LogP contribution < -0.4 is 0 Å². The fraction of sp³-hybridized carbons (Fsp3) is 0.812. The maximum Gasteiger partial charge on any atom is 0.258 e. The summed E-state index contributed by atoms with van der Waals surface area (Å²) in [6, 6.07) is 0. The minimum absolute atomic E-state index is 0.0617. The minimum atomic E-state index is 0.0617. The maximum absolute atomic E-state index is 6.24. The number of nitrogens with zero attached hydrogens (tertiary/aromatic N) is 1. The van der Waals surface area contributed by atoms with Gasteiger partial charge in [0.25, 0.3) is 3.90 Å². The van der Waals surface area contributed by atoms with Crippen LogP contribution in [0.15, 0.2) is 4.42 Å². The summed E-state index contributed by atoms with van der Waals surface area (Å²) in [4.78, 5) is 4.54. The van der Waals surface area contributed by atoms with Gasteiger partial charge < -0.3 is 4.42 Å². The predicted octanol–water partition coefficient (Wildman–Crippen LogP) is 6.74. The maximum atomic E-state index is 6.24. The molecule has 0 saturated carbocycles. The Labute approximate surface area is 142 Å². The van der Waals surface area contributed by atoms with Crippen LogP contribution in [-0.2, 0) is 5.41 Å². The lowest BCUT2D eigenvalue weighted by molar-refractivity contribution is 0.358. The molecule has 0 aromatic carbocycles. The Bertz CT molecular complexity index is 394. The number of hydrogen-bond donors (Lipinski definition) is 0. The topological polar surface area (TPSA) is 26.0 Å². The Balaban J connectivity index is 2.68. The number of rotatable bonds is 10. The van der Waals surface area contributed by atoms with Crippen LogP contribution in [0.25, 0.3) is 0 Å². The Morgan fingerprint density at radius 3 is 2.20 bits per heavy atom. The van der Waals surface area contributed by atoms with Gasteiger partial charge in [0.1, 0.15) is 5.69 Å². The molecule has 1 aromatic rings. The predicted molar refractivity (Wildman–Crippen MR) is 94.5 cm³/mol. The van der Waals surface area contributed by atoms with Gasteiger partial charge in [0, 0.05) is 28.0 Å². The van der Waals surface area contributed by atoms with Crippen molar-refractivity contribution in [2.24, 2.45) is 0 Å². The van der Waals surface area contributed by atoms with Crippen molar-refractivity contribution < 1.29 is 4.42 Å². The second kappa shape index (κ2) is 9.29. The van der Waals surface area contributed by atoms with Crippen molar-refractivity contribution >= 4 is 34.2 Å². The summed E-state index contributed by atoms with van der Waals surface area (Å²) in [7, 11) is 0. The molecule has 2 nitrogen and oxygen atoms in total. The standard InChI is InChI=1S/C16H27ClINO/c1-4-6-8-9-10-12-16(3,11-7-5-2)13-14(17)20-15(18)19-13/h4-12H2,1-3H3. The van der Waals surface area contributed by atoms with E-state index in [9.17, 15) is 0 Å². The van der Waals surface area contributed by atoms with E-state index in [1.807, 2.05) is 0 Å². The quantitative estimate of drug-likeness (QED) is 0.315. The van der Waals surface area contributed by atoms with Crippen molar-refractivity contribution in [1.29, 1.82) is 0 Å². The van der Waals surface area contributed by atoms with Crippen molar-refractivity contribution in [1.82, 2.24) is 4.98 Å². The summed E-state index contributed by atoms with van der Waals surface area (Å²) in [5.74, 6) is 0. The highest BCUT2D eigenvalue weighted by Gasteiger charge is 2.32. The van der Waals surface area contributed by atoms with Crippen LogP contribution in [0.4, 0.5) is 0 Å². The number of aromatic nitrogens is 1. The molecule has 0 amide bonds. The summed E-state index contributed by atoms with van der Waals surface area (Å²) < 4.78 is 6.08. The highest BCUT2D eigenvalue weighted by atomic mass is 127. The molecule has 4 heteroatoms. The van der Waals surface area contributed by atoms with Gasteiger partial charge in [-0.3, -0.25) is 0 Å². The van der Waals surface area contributed by atoms with Crippen LogP contribution in [0.1, 0.15) is 84.3 Å². The first-order valence-corrected chi connectivity index (χ1v) is 9.31. The lowest BCUT2D eigenvalue weighted by atomic mass is 9.77. The van der Waals surface area contributed by atoms with Crippen LogP contribution >= 0.6 is 34.2 Å². The van der Waals surface area contributed by atoms with Gasteiger partial charge in [0.15, 0.2) is 0 Å². The highest BCUT2D eigenvalue weighted by Crippen LogP contribution is 2.38. The molecule has 116 valence electrons. The molecule has 0 radical (unpaired) electrons. The van der Waals surface area contributed by atoms with Crippen molar-refractivity contribution in [3.05, 3.63) is 14.8 Å². The van der Waals surface area contributed by atoms with E-state index in [0.717, 1.165) is 18.5 Å². The second-order valence-electron chi connectivity index (χ2n) is 5.92. The molecule has 0 bridgehead atoms. The first-order valence-electron chi connectivity index (χ1n) is 7.85. The van der Waals surface area contributed by atoms with Gasteiger partial charge in [-0.25, -0.2) is 4.98 Å². The molecule has 20 heavy (non-hydrogen) atoms. The van der Waals surface area contributed by atoms with Crippen molar-refractivity contribution in [2.45, 2.75) is 84.0 Å². The summed E-state index contributed by atoms with van der Waals surface area (Å²) in [6.07, 6.45) is 11.2. The average molecular weight is 412 g/mol.